The van der Waals surface area contributed by atoms with Gasteiger partial charge >= 0.3 is 0 Å². The molecule has 0 saturated carbocycles. The second kappa shape index (κ2) is 7.98. The molecule has 1 fully saturated rings. The molecule has 1 N–H and O–H groups in total. The van der Waals surface area contributed by atoms with Crippen LogP contribution in [0.2, 0.25) is 5.02 Å². The van der Waals surface area contributed by atoms with Crippen molar-refractivity contribution in [3.8, 4) is 0 Å². The zero-order valence-corrected chi connectivity index (χ0v) is 16.6. The number of sulfonamides is 1. The SMILES string of the molecule is CC1CN(S(=O)(=O)c2cccc(C(=O)Nc3ccc(Cl)cc3)c2)CC(C)O1. The Morgan fingerprint density at radius 3 is 2.37 bits per heavy atom. The lowest BCUT2D eigenvalue weighted by atomic mass is 10.2. The first kappa shape index (κ1) is 19.8. The van der Waals surface area contributed by atoms with E-state index in [1.165, 1.54) is 16.4 Å². The summed E-state index contributed by atoms with van der Waals surface area (Å²) in [7, 11) is -3.71. The van der Waals surface area contributed by atoms with E-state index in [2.05, 4.69) is 5.32 Å². The van der Waals surface area contributed by atoms with E-state index in [1.54, 1.807) is 36.4 Å². The predicted octanol–water partition coefficient (Wildman–Crippen LogP) is 3.39. The summed E-state index contributed by atoms with van der Waals surface area (Å²) in [5.74, 6) is -0.391. The lowest BCUT2D eigenvalue weighted by Gasteiger charge is -2.34. The molecule has 8 heteroatoms. The Labute approximate surface area is 164 Å². The van der Waals surface area contributed by atoms with E-state index in [0.717, 1.165) is 0 Å². The molecule has 1 aliphatic rings. The van der Waals surface area contributed by atoms with Crippen molar-refractivity contribution in [2.75, 3.05) is 18.4 Å². The van der Waals surface area contributed by atoms with Gasteiger partial charge in [-0.2, -0.15) is 4.31 Å². The summed E-state index contributed by atoms with van der Waals surface area (Å²) in [6.45, 7) is 4.25. The number of amides is 1. The van der Waals surface area contributed by atoms with E-state index in [9.17, 15) is 13.2 Å². The van der Waals surface area contributed by atoms with Crippen molar-refractivity contribution in [3.63, 3.8) is 0 Å². The molecule has 1 saturated heterocycles. The summed E-state index contributed by atoms with van der Waals surface area (Å²) in [6.07, 6.45) is -0.361. The van der Waals surface area contributed by atoms with Crippen molar-refractivity contribution >= 4 is 33.2 Å². The minimum Gasteiger partial charge on any atom is -0.373 e. The van der Waals surface area contributed by atoms with Crippen LogP contribution >= 0.6 is 11.6 Å². The lowest BCUT2D eigenvalue weighted by molar-refractivity contribution is -0.0440. The van der Waals surface area contributed by atoms with Crippen LogP contribution < -0.4 is 5.32 Å². The number of morpholine rings is 1. The van der Waals surface area contributed by atoms with Crippen LogP contribution in [0.3, 0.4) is 0 Å². The van der Waals surface area contributed by atoms with Gasteiger partial charge in [-0.05, 0) is 56.3 Å². The van der Waals surface area contributed by atoms with Crippen LogP contribution in [0.4, 0.5) is 5.69 Å². The van der Waals surface area contributed by atoms with Crippen molar-refractivity contribution in [2.45, 2.75) is 31.0 Å². The van der Waals surface area contributed by atoms with Gasteiger partial charge in [0.15, 0.2) is 0 Å². The zero-order chi connectivity index (χ0) is 19.6. The van der Waals surface area contributed by atoms with Gasteiger partial charge in [-0.15, -0.1) is 0 Å². The highest BCUT2D eigenvalue weighted by Crippen LogP contribution is 2.22. The second-order valence-electron chi connectivity index (χ2n) is 6.57. The first-order chi connectivity index (χ1) is 12.8. The van der Waals surface area contributed by atoms with Crippen molar-refractivity contribution in [2.24, 2.45) is 0 Å². The topological polar surface area (TPSA) is 75.7 Å². The quantitative estimate of drug-likeness (QED) is 0.841. The number of hydrogen-bond acceptors (Lipinski definition) is 4. The largest absolute Gasteiger partial charge is 0.373 e. The summed E-state index contributed by atoms with van der Waals surface area (Å²) in [4.78, 5) is 12.6. The van der Waals surface area contributed by atoms with Crippen LogP contribution in [0.1, 0.15) is 24.2 Å². The van der Waals surface area contributed by atoms with Gasteiger partial charge in [0.05, 0.1) is 17.1 Å². The maximum Gasteiger partial charge on any atom is 0.255 e. The number of benzene rings is 2. The standard InChI is InChI=1S/C19H21ClN2O4S/c1-13-11-22(12-14(2)26-13)27(24,25)18-5-3-4-15(10-18)19(23)21-17-8-6-16(20)7-9-17/h3-10,13-14H,11-12H2,1-2H3,(H,21,23). The fraction of sp³-hybridized carbons (Fsp3) is 0.316. The summed E-state index contributed by atoms with van der Waals surface area (Å²) in [6, 6.07) is 12.7. The summed E-state index contributed by atoms with van der Waals surface area (Å²) in [5.41, 5.74) is 0.842. The maximum absolute atomic E-state index is 13.0. The summed E-state index contributed by atoms with van der Waals surface area (Å²) < 4.78 is 33.0. The Balaban J connectivity index is 1.82. The normalized spacial score (nSPS) is 21.0. The van der Waals surface area contributed by atoms with Gasteiger partial charge in [0, 0.05) is 29.4 Å². The molecule has 2 aromatic rings. The van der Waals surface area contributed by atoms with Crippen LogP contribution in [-0.2, 0) is 14.8 Å². The number of nitrogens with one attached hydrogen (secondary N) is 1. The molecule has 2 atom stereocenters. The third-order valence-electron chi connectivity index (χ3n) is 4.22. The van der Waals surface area contributed by atoms with Crippen LogP contribution in [-0.4, -0.2) is 43.9 Å². The molecule has 6 nitrogen and oxygen atoms in total. The second-order valence-corrected chi connectivity index (χ2v) is 8.94. The molecule has 144 valence electrons. The smallest absolute Gasteiger partial charge is 0.255 e. The van der Waals surface area contributed by atoms with E-state index in [4.69, 9.17) is 16.3 Å². The maximum atomic E-state index is 13.0. The number of nitrogens with zero attached hydrogens (tertiary/aromatic N) is 1. The molecule has 1 amide bonds. The molecule has 27 heavy (non-hydrogen) atoms. The third kappa shape index (κ3) is 4.68. The van der Waals surface area contributed by atoms with E-state index in [0.29, 0.717) is 10.7 Å². The van der Waals surface area contributed by atoms with Crippen LogP contribution in [0, 0.1) is 0 Å². The van der Waals surface area contributed by atoms with Gasteiger partial charge in [0.25, 0.3) is 5.91 Å². The molecule has 0 bridgehead atoms. The number of halogens is 1. The van der Waals surface area contributed by atoms with Crippen LogP contribution in [0.5, 0.6) is 0 Å². The molecule has 2 unspecified atom stereocenters. The molecule has 1 heterocycles. The number of anilines is 1. The molecule has 0 aliphatic carbocycles. The molecule has 0 spiro atoms. The summed E-state index contributed by atoms with van der Waals surface area (Å²) >= 11 is 5.84. The Morgan fingerprint density at radius 2 is 1.74 bits per heavy atom. The van der Waals surface area contributed by atoms with Gasteiger partial charge in [0.1, 0.15) is 0 Å². The predicted molar refractivity (Wildman–Crippen MR) is 105 cm³/mol. The first-order valence-electron chi connectivity index (χ1n) is 8.58. The zero-order valence-electron chi connectivity index (χ0n) is 15.1. The van der Waals surface area contributed by atoms with E-state index in [-0.39, 0.29) is 35.8 Å². The fourth-order valence-corrected chi connectivity index (χ4v) is 4.77. The van der Waals surface area contributed by atoms with E-state index < -0.39 is 15.9 Å². The number of rotatable bonds is 4. The average Bonchev–Trinajstić information content (AvgIpc) is 2.63. The van der Waals surface area contributed by atoms with Crippen LogP contribution in [0.25, 0.3) is 0 Å². The van der Waals surface area contributed by atoms with Gasteiger partial charge < -0.3 is 10.1 Å². The highest BCUT2D eigenvalue weighted by molar-refractivity contribution is 7.89. The molecule has 3 rings (SSSR count). The monoisotopic (exact) mass is 408 g/mol. The molecule has 0 aromatic heterocycles. The minimum atomic E-state index is -3.71. The Bertz CT molecular complexity index is 921. The van der Waals surface area contributed by atoms with Crippen LogP contribution in [0.15, 0.2) is 53.4 Å². The highest BCUT2D eigenvalue weighted by atomic mass is 35.5. The van der Waals surface area contributed by atoms with Gasteiger partial charge in [-0.1, -0.05) is 17.7 Å². The first-order valence-corrected chi connectivity index (χ1v) is 10.4. The van der Waals surface area contributed by atoms with Crippen molar-refractivity contribution in [3.05, 3.63) is 59.1 Å². The number of carbonyl (C=O) groups excluding carboxylic acids is 1. The molecule has 0 radical (unpaired) electrons. The molecular formula is C19H21ClN2O4S. The van der Waals surface area contributed by atoms with Crippen molar-refractivity contribution < 1.29 is 17.9 Å². The van der Waals surface area contributed by atoms with Gasteiger partial charge in [-0.25, -0.2) is 8.42 Å². The third-order valence-corrected chi connectivity index (χ3v) is 6.30. The van der Waals surface area contributed by atoms with E-state index >= 15 is 0 Å². The molecule has 2 aromatic carbocycles. The summed E-state index contributed by atoms with van der Waals surface area (Å²) in [5, 5.41) is 3.30. The van der Waals surface area contributed by atoms with Crippen molar-refractivity contribution in [1.82, 2.24) is 4.31 Å². The Morgan fingerprint density at radius 1 is 1.11 bits per heavy atom. The number of carbonyl (C=O) groups is 1. The lowest BCUT2D eigenvalue weighted by Crippen LogP contribution is -2.48. The van der Waals surface area contributed by atoms with Crippen molar-refractivity contribution in [1.29, 1.82) is 0 Å². The average molecular weight is 409 g/mol. The number of hydrogen-bond donors (Lipinski definition) is 1. The fourth-order valence-electron chi connectivity index (χ4n) is 3.01. The van der Waals surface area contributed by atoms with E-state index in [1.807, 2.05) is 13.8 Å². The Hall–Kier alpha value is -1.93. The Kier molecular flexibility index (Phi) is 5.86. The van der Waals surface area contributed by atoms with Gasteiger partial charge in [0.2, 0.25) is 10.0 Å². The highest BCUT2D eigenvalue weighted by Gasteiger charge is 2.32. The van der Waals surface area contributed by atoms with Gasteiger partial charge in [-0.3, -0.25) is 4.79 Å². The number of ether oxygens (including phenoxy) is 1. The molecular weight excluding hydrogens is 388 g/mol. The minimum absolute atomic E-state index is 0.0903. The molecule has 1 aliphatic heterocycles.